The van der Waals surface area contributed by atoms with E-state index in [-0.39, 0.29) is 18.6 Å². The van der Waals surface area contributed by atoms with Gasteiger partial charge in [-0.25, -0.2) is 0 Å². The van der Waals surface area contributed by atoms with Crippen LogP contribution in [0.25, 0.3) is 0 Å². The molecule has 6 nitrogen and oxygen atoms in total. The predicted molar refractivity (Wildman–Crippen MR) is 129 cm³/mol. The highest BCUT2D eigenvalue weighted by atomic mass is 16.5. The van der Waals surface area contributed by atoms with Gasteiger partial charge in [0.2, 0.25) is 0 Å². The van der Waals surface area contributed by atoms with E-state index in [9.17, 15) is 9.90 Å². The van der Waals surface area contributed by atoms with Crippen molar-refractivity contribution >= 4 is 5.91 Å². The Morgan fingerprint density at radius 3 is 2.64 bits per heavy atom. The number of ether oxygens (including phenoxy) is 2. The molecule has 0 radical (unpaired) electrons. The molecule has 1 amide bonds. The number of carbonyl (C=O) groups is 1. The quantitative estimate of drug-likeness (QED) is 0.599. The van der Waals surface area contributed by atoms with Gasteiger partial charge < -0.3 is 19.5 Å². The molecular formula is C27H36N2O4. The van der Waals surface area contributed by atoms with E-state index < -0.39 is 6.10 Å². The molecule has 178 valence electrons. The maximum Gasteiger partial charge on any atom is 0.253 e. The molecule has 0 unspecified atom stereocenters. The molecule has 0 bridgehead atoms. The highest BCUT2D eigenvalue weighted by molar-refractivity contribution is 5.94. The molecule has 1 aliphatic heterocycles. The average molecular weight is 453 g/mol. The van der Waals surface area contributed by atoms with Gasteiger partial charge in [0.25, 0.3) is 5.91 Å². The van der Waals surface area contributed by atoms with Gasteiger partial charge in [-0.05, 0) is 56.4 Å². The Balaban J connectivity index is 1.30. The van der Waals surface area contributed by atoms with Crippen molar-refractivity contribution < 1.29 is 19.4 Å². The van der Waals surface area contributed by atoms with Gasteiger partial charge in [0.15, 0.2) is 0 Å². The minimum absolute atomic E-state index is 0.0589. The number of hydrogen-bond acceptors (Lipinski definition) is 5. The van der Waals surface area contributed by atoms with Crippen molar-refractivity contribution in [2.24, 2.45) is 5.92 Å². The Hall–Kier alpha value is -2.41. The summed E-state index contributed by atoms with van der Waals surface area (Å²) in [5.74, 6) is 1.50. The second kappa shape index (κ2) is 11.1. The molecule has 2 aromatic rings. The normalized spacial score (nSPS) is 19.8. The Labute approximate surface area is 197 Å². The van der Waals surface area contributed by atoms with Gasteiger partial charge in [-0.15, -0.1) is 0 Å². The molecule has 33 heavy (non-hydrogen) atoms. The Morgan fingerprint density at radius 2 is 1.91 bits per heavy atom. The van der Waals surface area contributed by atoms with Crippen LogP contribution in [-0.2, 0) is 4.74 Å². The fraction of sp³-hybridized carbons (Fsp3) is 0.519. The number of amides is 1. The molecule has 0 aromatic heterocycles. The van der Waals surface area contributed by atoms with Crippen LogP contribution in [0.2, 0.25) is 0 Å². The van der Waals surface area contributed by atoms with Gasteiger partial charge in [-0.2, -0.15) is 0 Å². The SMILES string of the molecule is Cc1ccc(C(=O)N(CC2CC2)C[C@@H]2CN(C[C@@H](O)COc3ccccc3C)CCO2)cc1. The first-order valence-electron chi connectivity index (χ1n) is 12.0. The van der Waals surface area contributed by atoms with Gasteiger partial charge in [-0.3, -0.25) is 9.69 Å². The third kappa shape index (κ3) is 7.03. The molecule has 1 saturated heterocycles. The monoisotopic (exact) mass is 452 g/mol. The summed E-state index contributed by atoms with van der Waals surface area (Å²) in [6.07, 6.45) is 1.75. The van der Waals surface area contributed by atoms with E-state index in [2.05, 4.69) is 4.90 Å². The number of aliphatic hydroxyl groups is 1. The summed E-state index contributed by atoms with van der Waals surface area (Å²) in [7, 11) is 0. The molecule has 2 aromatic carbocycles. The maximum atomic E-state index is 13.2. The Bertz CT molecular complexity index is 913. The molecule has 4 rings (SSSR count). The smallest absolute Gasteiger partial charge is 0.253 e. The fourth-order valence-corrected chi connectivity index (χ4v) is 4.29. The van der Waals surface area contributed by atoms with Crippen molar-refractivity contribution in [1.82, 2.24) is 9.80 Å². The summed E-state index contributed by atoms with van der Waals surface area (Å²) in [5.41, 5.74) is 2.94. The van der Waals surface area contributed by atoms with Crippen LogP contribution in [0, 0.1) is 19.8 Å². The van der Waals surface area contributed by atoms with E-state index in [1.807, 2.05) is 67.3 Å². The summed E-state index contributed by atoms with van der Waals surface area (Å²) in [5, 5.41) is 10.5. The first-order valence-corrected chi connectivity index (χ1v) is 12.0. The van der Waals surface area contributed by atoms with E-state index in [4.69, 9.17) is 9.47 Å². The molecule has 1 heterocycles. The number of aryl methyl sites for hydroxylation is 2. The Morgan fingerprint density at radius 1 is 1.15 bits per heavy atom. The number of rotatable bonds is 10. The summed E-state index contributed by atoms with van der Waals surface area (Å²) in [4.78, 5) is 17.4. The standard InChI is InChI=1S/C27H36N2O4/c1-20-7-11-23(12-8-20)27(31)29(15-22-9-10-22)18-25-17-28(13-14-32-25)16-24(30)19-33-26-6-4-3-5-21(26)2/h3-8,11-12,22,24-25,30H,9-10,13-19H2,1-2H3/t24-,25+/m1/s1. The number of β-amino-alcohol motifs (C(OH)–C–C–N with tert-alkyl or cyclic N) is 1. The highest BCUT2D eigenvalue weighted by Crippen LogP contribution is 2.30. The maximum absolute atomic E-state index is 13.2. The van der Waals surface area contributed by atoms with E-state index >= 15 is 0 Å². The van der Waals surface area contributed by atoms with Crippen LogP contribution in [-0.4, -0.2) is 79.0 Å². The second-order valence-electron chi connectivity index (χ2n) is 9.50. The van der Waals surface area contributed by atoms with E-state index in [0.29, 0.717) is 32.2 Å². The average Bonchev–Trinajstić information content (AvgIpc) is 3.63. The molecule has 1 aliphatic carbocycles. The largest absolute Gasteiger partial charge is 0.491 e. The lowest BCUT2D eigenvalue weighted by Gasteiger charge is -2.36. The Kier molecular flexibility index (Phi) is 8.02. The first-order chi connectivity index (χ1) is 16.0. The van der Waals surface area contributed by atoms with Crippen molar-refractivity contribution in [3.05, 3.63) is 65.2 Å². The summed E-state index contributed by atoms with van der Waals surface area (Å²) in [6, 6.07) is 15.6. The van der Waals surface area contributed by atoms with Crippen LogP contribution in [0.15, 0.2) is 48.5 Å². The number of carbonyl (C=O) groups excluding carboxylic acids is 1. The van der Waals surface area contributed by atoms with Gasteiger partial charge >= 0.3 is 0 Å². The molecule has 1 saturated carbocycles. The van der Waals surface area contributed by atoms with E-state index in [0.717, 1.165) is 35.5 Å². The van der Waals surface area contributed by atoms with Gasteiger partial charge in [0, 0.05) is 38.3 Å². The first kappa shape index (κ1) is 23.7. The van der Waals surface area contributed by atoms with Crippen LogP contribution in [0.3, 0.4) is 0 Å². The number of morpholine rings is 1. The van der Waals surface area contributed by atoms with Crippen molar-refractivity contribution in [1.29, 1.82) is 0 Å². The minimum atomic E-state index is -0.583. The number of benzene rings is 2. The minimum Gasteiger partial charge on any atom is -0.491 e. The fourth-order valence-electron chi connectivity index (χ4n) is 4.29. The zero-order valence-electron chi connectivity index (χ0n) is 19.8. The van der Waals surface area contributed by atoms with Crippen LogP contribution < -0.4 is 4.74 Å². The second-order valence-corrected chi connectivity index (χ2v) is 9.50. The van der Waals surface area contributed by atoms with Crippen molar-refractivity contribution in [2.45, 2.75) is 38.9 Å². The zero-order valence-corrected chi connectivity index (χ0v) is 19.8. The van der Waals surface area contributed by atoms with E-state index in [1.165, 1.54) is 12.8 Å². The van der Waals surface area contributed by atoms with Gasteiger partial charge in [0.1, 0.15) is 18.5 Å². The summed E-state index contributed by atoms with van der Waals surface area (Å²) < 4.78 is 11.8. The number of nitrogens with zero attached hydrogens (tertiary/aromatic N) is 2. The van der Waals surface area contributed by atoms with Crippen LogP contribution in [0.1, 0.15) is 34.3 Å². The lowest BCUT2D eigenvalue weighted by atomic mass is 10.1. The number of hydrogen-bond donors (Lipinski definition) is 1. The van der Waals surface area contributed by atoms with Gasteiger partial charge in [-0.1, -0.05) is 35.9 Å². The van der Waals surface area contributed by atoms with Crippen LogP contribution >= 0.6 is 0 Å². The van der Waals surface area contributed by atoms with Crippen molar-refractivity contribution in [2.75, 3.05) is 45.9 Å². The predicted octanol–water partition coefficient (Wildman–Crippen LogP) is 3.30. The molecule has 1 N–H and O–H groups in total. The number of aliphatic hydroxyl groups excluding tert-OH is 1. The summed E-state index contributed by atoms with van der Waals surface area (Å²) in [6.45, 7) is 8.25. The molecule has 0 spiro atoms. The molecule has 2 aliphatic rings. The molecule has 6 heteroatoms. The molecule has 2 atom stereocenters. The third-order valence-electron chi connectivity index (χ3n) is 6.40. The van der Waals surface area contributed by atoms with Crippen molar-refractivity contribution in [3.8, 4) is 5.75 Å². The van der Waals surface area contributed by atoms with Crippen LogP contribution in [0.5, 0.6) is 5.75 Å². The lowest BCUT2D eigenvalue weighted by molar-refractivity contribution is -0.0538. The van der Waals surface area contributed by atoms with E-state index in [1.54, 1.807) is 0 Å². The van der Waals surface area contributed by atoms with Gasteiger partial charge in [0.05, 0.1) is 12.7 Å². The van der Waals surface area contributed by atoms with Crippen LogP contribution in [0.4, 0.5) is 0 Å². The molecular weight excluding hydrogens is 416 g/mol. The lowest BCUT2D eigenvalue weighted by Crippen LogP contribution is -2.51. The summed E-state index contributed by atoms with van der Waals surface area (Å²) >= 11 is 0. The topological polar surface area (TPSA) is 62.2 Å². The van der Waals surface area contributed by atoms with Crippen molar-refractivity contribution in [3.63, 3.8) is 0 Å². The molecule has 2 fully saturated rings. The zero-order chi connectivity index (χ0) is 23.2. The third-order valence-corrected chi connectivity index (χ3v) is 6.40. The highest BCUT2D eigenvalue weighted by Gasteiger charge is 2.31. The number of para-hydroxylation sites is 1.